The SMILES string of the molecule is CCO[Si](CCC1(C)COC1)(OCC)OCC. The number of hydrogen-bond acceptors (Lipinski definition) is 4. The van der Waals surface area contributed by atoms with E-state index in [-0.39, 0.29) is 0 Å². The van der Waals surface area contributed by atoms with E-state index in [1.165, 1.54) is 0 Å². The fourth-order valence-electron chi connectivity index (χ4n) is 2.05. The van der Waals surface area contributed by atoms with E-state index in [1.807, 2.05) is 20.8 Å². The predicted octanol–water partition coefficient (Wildman–Crippen LogP) is 2.46. The van der Waals surface area contributed by atoms with Crippen molar-refractivity contribution in [2.45, 2.75) is 40.2 Å². The summed E-state index contributed by atoms with van der Waals surface area (Å²) in [5, 5.41) is 0. The van der Waals surface area contributed by atoms with Gasteiger partial charge in [-0.05, 0) is 27.2 Å². The van der Waals surface area contributed by atoms with Crippen molar-refractivity contribution in [2.75, 3.05) is 33.0 Å². The van der Waals surface area contributed by atoms with E-state index in [9.17, 15) is 0 Å². The molecule has 0 bridgehead atoms. The van der Waals surface area contributed by atoms with Gasteiger partial charge in [-0.2, -0.15) is 0 Å². The zero-order chi connectivity index (χ0) is 12.8. The fraction of sp³-hybridized carbons (Fsp3) is 1.00. The molecule has 102 valence electrons. The molecule has 0 unspecified atom stereocenters. The quantitative estimate of drug-likeness (QED) is 0.598. The standard InChI is InChI=1S/C12H26O4Si/c1-5-14-17(15-6-2,16-7-3)9-8-12(4)10-13-11-12/h5-11H2,1-4H3. The highest BCUT2D eigenvalue weighted by atomic mass is 28.4. The van der Waals surface area contributed by atoms with Gasteiger partial charge in [0, 0.05) is 31.3 Å². The van der Waals surface area contributed by atoms with Gasteiger partial charge in [-0.25, -0.2) is 0 Å². The molecule has 1 aliphatic rings. The molecule has 0 aromatic heterocycles. The molecule has 1 fully saturated rings. The van der Waals surface area contributed by atoms with Crippen molar-refractivity contribution in [1.82, 2.24) is 0 Å². The summed E-state index contributed by atoms with van der Waals surface area (Å²) in [7, 11) is -2.44. The summed E-state index contributed by atoms with van der Waals surface area (Å²) < 4.78 is 22.8. The number of hydrogen-bond donors (Lipinski definition) is 0. The van der Waals surface area contributed by atoms with Gasteiger partial charge >= 0.3 is 8.80 Å². The van der Waals surface area contributed by atoms with Gasteiger partial charge in [-0.15, -0.1) is 0 Å². The highest BCUT2D eigenvalue weighted by molar-refractivity contribution is 6.60. The molecule has 5 heteroatoms. The van der Waals surface area contributed by atoms with Crippen molar-refractivity contribution in [1.29, 1.82) is 0 Å². The third kappa shape index (κ3) is 4.33. The normalized spacial score (nSPS) is 19.1. The first-order valence-corrected chi connectivity index (χ1v) is 8.52. The second-order valence-electron chi connectivity index (χ2n) is 4.79. The summed E-state index contributed by atoms with van der Waals surface area (Å²) in [4.78, 5) is 0. The van der Waals surface area contributed by atoms with E-state index in [1.54, 1.807) is 0 Å². The van der Waals surface area contributed by atoms with Crippen LogP contribution in [0.5, 0.6) is 0 Å². The fourth-order valence-corrected chi connectivity index (χ4v) is 4.96. The Morgan fingerprint density at radius 2 is 1.47 bits per heavy atom. The highest BCUT2D eigenvalue weighted by Crippen LogP contribution is 2.35. The van der Waals surface area contributed by atoms with Crippen LogP contribution in [0.15, 0.2) is 0 Å². The molecule has 0 saturated carbocycles. The van der Waals surface area contributed by atoms with Gasteiger partial charge in [0.2, 0.25) is 0 Å². The lowest BCUT2D eigenvalue weighted by atomic mass is 9.86. The Balaban J connectivity index is 2.52. The second kappa shape index (κ2) is 6.85. The largest absolute Gasteiger partial charge is 0.500 e. The molecule has 0 atom stereocenters. The monoisotopic (exact) mass is 262 g/mol. The molecule has 1 saturated heterocycles. The van der Waals surface area contributed by atoms with E-state index in [4.69, 9.17) is 18.0 Å². The molecule has 1 rings (SSSR count). The maximum Gasteiger partial charge on any atom is 0.500 e. The minimum Gasteiger partial charge on any atom is -0.380 e. The van der Waals surface area contributed by atoms with Crippen LogP contribution in [0.25, 0.3) is 0 Å². The summed E-state index contributed by atoms with van der Waals surface area (Å²) in [6.07, 6.45) is 1.05. The van der Waals surface area contributed by atoms with Crippen LogP contribution in [0.3, 0.4) is 0 Å². The molecule has 0 N–H and O–H groups in total. The van der Waals surface area contributed by atoms with Crippen LogP contribution in [0.4, 0.5) is 0 Å². The summed E-state index contributed by atoms with van der Waals surface area (Å²) in [6.45, 7) is 11.9. The molecule has 0 aromatic carbocycles. The van der Waals surface area contributed by atoms with Crippen LogP contribution >= 0.6 is 0 Å². The van der Waals surface area contributed by atoms with Crippen molar-refractivity contribution in [3.05, 3.63) is 0 Å². The molecular weight excluding hydrogens is 236 g/mol. The Labute approximate surface area is 106 Å². The van der Waals surface area contributed by atoms with Crippen molar-refractivity contribution < 1.29 is 18.0 Å². The van der Waals surface area contributed by atoms with Gasteiger partial charge in [0.1, 0.15) is 0 Å². The van der Waals surface area contributed by atoms with Gasteiger partial charge in [0.15, 0.2) is 0 Å². The van der Waals surface area contributed by atoms with E-state index in [0.29, 0.717) is 25.2 Å². The Bertz CT molecular complexity index is 202. The smallest absolute Gasteiger partial charge is 0.380 e. The van der Waals surface area contributed by atoms with Crippen molar-refractivity contribution >= 4 is 8.80 Å². The average Bonchev–Trinajstić information content (AvgIpc) is 2.25. The minimum absolute atomic E-state index is 0.295. The Morgan fingerprint density at radius 1 is 1.00 bits per heavy atom. The Kier molecular flexibility index (Phi) is 6.09. The molecule has 17 heavy (non-hydrogen) atoms. The lowest BCUT2D eigenvalue weighted by Crippen LogP contribution is -2.49. The summed E-state index contributed by atoms with van der Waals surface area (Å²) in [5.41, 5.74) is 0.295. The number of ether oxygens (including phenoxy) is 1. The van der Waals surface area contributed by atoms with Gasteiger partial charge in [-0.3, -0.25) is 0 Å². The van der Waals surface area contributed by atoms with Crippen LogP contribution in [-0.4, -0.2) is 41.8 Å². The average molecular weight is 262 g/mol. The van der Waals surface area contributed by atoms with Crippen LogP contribution in [0, 0.1) is 5.41 Å². The third-order valence-electron chi connectivity index (χ3n) is 3.03. The Morgan fingerprint density at radius 3 is 1.76 bits per heavy atom. The molecule has 1 heterocycles. The summed E-state index contributed by atoms with van der Waals surface area (Å²) >= 11 is 0. The summed E-state index contributed by atoms with van der Waals surface area (Å²) in [6, 6.07) is 0.891. The predicted molar refractivity (Wildman–Crippen MR) is 69.0 cm³/mol. The van der Waals surface area contributed by atoms with Gasteiger partial charge in [0.05, 0.1) is 13.2 Å². The highest BCUT2D eigenvalue weighted by Gasteiger charge is 2.44. The van der Waals surface area contributed by atoms with E-state index >= 15 is 0 Å². The van der Waals surface area contributed by atoms with Crippen LogP contribution in [0.1, 0.15) is 34.1 Å². The topological polar surface area (TPSA) is 36.9 Å². The molecule has 0 aromatic rings. The van der Waals surface area contributed by atoms with Gasteiger partial charge in [-0.1, -0.05) is 6.92 Å². The van der Waals surface area contributed by atoms with E-state index in [2.05, 4.69) is 6.92 Å². The molecular formula is C12H26O4Si. The molecule has 4 nitrogen and oxygen atoms in total. The van der Waals surface area contributed by atoms with Crippen LogP contribution in [0.2, 0.25) is 6.04 Å². The molecule has 0 aliphatic carbocycles. The first kappa shape index (κ1) is 15.1. The zero-order valence-corrected chi connectivity index (χ0v) is 12.6. The van der Waals surface area contributed by atoms with Gasteiger partial charge < -0.3 is 18.0 Å². The van der Waals surface area contributed by atoms with E-state index in [0.717, 1.165) is 25.7 Å². The van der Waals surface area contributed by atoms with Crippen LogP contribution in [-0.2, 0) is 18.0 Å². The van der Waals surface area contributed by atoms with Crippen molar-refractivity contribution in [3.63, 3.8) is 0 Å². The molecule has 0 spiro atoms. The summed E-state index contributed by atoms with van der Waals surface area (Å²) in [5.74, 6) is 0. The Hall–Kier alpha value is 0.0569. The lowest BCUT2D eigenvalue weighted by molar-refractivity contribution is -0.105. The number of rotatable bonds is 9. The van der Waals surface area contributed by atoms with Crippen molar-refractivity contribution in [2.24, 2.45) is 5.41 Å². The maximum absolute atomic E-state index is 5.83. The van der Waals surface area contributed by atoms with Crippen molar-refractivity contribution in [3.8, 4) is 0 Å². The third-order valence-corrected chi connectivity index (χ3v) is 6.08. The minimum atomic E-state index is -2.44. The second-order valence-corrected chi connectivity index (χ2v) is 7.52. The lowest BCUT2D eigenvalue weighted by Gasteiger charge is -2.40. The molecule has 1 aliphatic heterocycles. The molecule has 0 radical (unpaired) electrons. The zero-order valence-electron chi connectivity index (χ0n) is 11.6. The first-order valence-electron chi connectivity index (χ1n) is 6.59. The first-order chi connectivity index (χ1) is 8.10. The molecule has 0 amide bonds. The maximum atomic E-state index is 5.83. The van der Waals surface area contributed by atoms with Gasteiger partial charge in [0.25, 0.3) is 0 Å². The van der Waals surface area contributed by atoms with E-state index < -0.39 is 8.80 Å². The van der Waals surface area contributed by atoms with Crippen LogP contribution < -0.4 is 0 Å².